The summed E-state index contributed by atoms with van der Waals surface area (Å²) < 4.78 is 11.5. The lowest BCUT2D eigenvalue weighted by molar-refractivity contribution is 0.0887. The number of aromatic nitrogens is 1. The summed E-state index contributed by atoms with van der Waals surface area (Å²) in [5, 5.41) is 7.12. The predicted octanol–water partition coefficient (Wildman–Crippen LogP) is 5.32. The first-order valence-electron chi connectivity index (χ1n) is 12.2. The van der Waals surface area contributed by atoms with Crippen LogP contribution in [0.15, 0.2) is 45.3 Å². The molecular formula is C27H33N3O3. The Morgan fingerprint density at radius 3 is 2.67 bits per heavy atom. The molecule has 1 aromatic carbocycles. The van der Waals surface area contributed by atoms with Crippen LogP contribution in [0.4, 0.5) is 0 Å². The highest BCUT2D eigenvalue weighted by Gasteiger charge is 2.28. The number of hydrogen-bond acceptors (Lipinski definition) is 5. The van der Waals surface area contributed by atoms with Gasteiger partial charge in [0.05, 0.1) is 6.04 Å². The van der Waals surface area contributed by atoms with Crippen molar-refractivity contribution in [3.8, 4) is 11.3 Å². The second kappa shape index (κ2) is 9.56. The van der Waals surface area contributed by atoms with Gasteiger partial charge in [-0.2, -0.15) is 0 Å². The Hall–Kier alpha value is -2.86. The van der Waals surface area contributed by atoms with Gasteiger partial charge >= 0.3 is 0 Å². The summed E-state index contributed by atoms with van der Waals surface area (Å²) >= 11 is 0. The third kappa shape index (κ3) is 4.91. The van der Waals surface area contributed by atoms with Crippen LogP contribution in [0.3, 0.4) is 0 Å². The molecule has 1 aliphatic heterocycles. The molecule has 0 spiro atoms. The first-order valence-corrected chi connectivity index (χ1v) is 12.2. The number of fused-ring (bicyclic) bond motifs is 1. The molecule has 2 aromatic heterocycles. The zero-order valence-corrected chi connectivity index (χ0v) is 19.6. The Bertz CT molecular complexity index is 1110. The molecule has 5 rings (SSSR count). The van der Waals surface area contributed by atoms with E-state index < -0.39 is 0 Å². The minimum absolute atomic E-state index is 0.0159. The third-order valence-electron chi connectivity index (χ3n) is 7.18. The number of nitrogens with one attached hydrogen (secondary N) is 1. The first kappa shape index (κ1) is 22.0. The second-order valence-electron chi connectivity index (χ2n) is 9.66. The van der Waals surface area contributed by atoms with E-state index >= 15 is 0 Å². The van der Waals surface area contributed by atoms with Gasteiger partial charge in [0.25, 0.3) is 5.91 Å². The average molecular weight is 448 g/mol. The lowest BCUT2D eigenvalue weighted by Crippen LogP contribution is -2.41. The number of rotatable bonds is 6. The topological polar surface area (TPSA) is 71.5 Å². The highest BCUT2D eigenvalue weighted by molar-refractivity contribution is 5.93. The molecule has 3 aromatic rings. The van der Waals surface area contributed by atoms with Crippen molar-refractivity contribution in [2.24, 2.45) is 5.92 Å². The fourth-order valence-electron chi connectivity index (χ4n) is 5.07. The molecule has 3 heterocycles. The number of aryl methyl sites for hydroxylation is 3. The van der Waals surface area contributed by atoms with E-state index in [1.807, 2.05) is 19.1 Å². The number of carbonyl (C=O) groups is 1. The summed E-state index contributed by atoms with van der Waals surface area (Å²) in [4.78, 5) is 15.3. The molecule has 0 bridgehead atoms. The fraction of sp³-hybridized carbons (Fsp3) is 0.481. The Balaban J connectivity index is 1.27. The number of furan rings is 1. The normalized spacial score (nSPS) is 18.1. The van der Waals surface area contributed by atoms with Gasteiger partial charge in [0, 0.05) is 18.2 Å². The Labute approximate surface area is 195 Å². The molecule has 1 aliphatic carbocycles. The molecule has 0 radical (unpaired) electrons. The molecule has 1 amide bonds. The van der Waals surface area contributed by atoms with Gasteiger partial charge < -0.3 is 14.3 Å². The molecule has 174 valence electrons. The van der Waals surface area contributed by atoms with Gasteiger partial charge in [-0.25, -0.2) is 0 Å². The van der Waals surface area contributed by atoms with E-state index in [0.29, 0.717) is 18.0 Å². The Kier molecular flexibility index (Phi) is 6.36. The van der Waals surface area contributed by atoms with Crippen molar-refractivity contribution in [1.29, 1.82) is 0 Å². The molecule has 6 nitrogen and oxygen atoms in total. The van der Waals surface area contributed by atoms with Crippen LogP contribution < -0.4 is 5.32 Å². The van der Waals surface area contributed by atoms with Gasteiger partial charge in [-0.05, 0) is 93.8 Å². The number of carbonyl (C=O) groups excluding carboxylic acids is 1. The maximum absolute atomic E-state index is 12.9. The van der Waals surface area contributed by atoms with Gasteiger partial charge in [0.1, 0.15) is 11.5 Å². The van der Waals surface area contributed by atoms with Crippen molar-refractivity contribution >= 4 is 5.91 Å². The van der Waals surface area contributed by atoms with E-state index in [1.165, 1.54) is 24.0 Å². The van der Waals surface area contributed by atoms with Crippen molar-refractivity contribution in [2.45, 2.75) is 58.4 Å². The minimum Gasteiger partial charge on any atom is -0.465 e. The van der Waals surface area contributed by atoms with E-state index in [0.717, 1.165) is 61.8 Å². The van der Waals surface area contributed by atoms with Crippen LogP contribution in [-0.2, 0) is 12.8 Å². The van der Waals surface area contributed by atoms with Crippen molar-refractivity contribution in [3.05, 3.63) is 64.7 Å². The minimum atomic E-state index is -0.221. The molecule has 1 atom stereocenters. The van der Waals surface area contributed by atoms with Crippen molar-refractivity contribution in [3.63, 3.8) is 0 Å². The van der Waals surface area contributed by atoms with E-state index in [-0.39, 0.29) is 11.9 Å². The number of nitrogens with zero attached hydrogens (tertiary/aromatic N) is 2. The quantitative estimate of drug-likeness (QED) is 0.553. The number of amides is 1. The zero-order chi connectivity index (χ0) is 22.8. The summed E-state index contributed by atoms with van der Waals surface area (Å²) in [7, 11) is 0. The summed E-state index contributed by atoms with van der Waals surface area (Å²) in [5.41, 5.74) is 4.10. The van der Waals surface area contributed by atoms with E-state index in [2.05, 4.69) is 40.5 Å². The molecule has 2 aliphatic rings. The standard InChI is InChI=1S/C27H33N3O3/c1-18-11-13-30(14-12-18)24(25-10-7-19(2)32-25)17-28-27(31)23-16-26(33-29-23)22-9-8-20-5-3-4-6-21(20)15-22/h7-10,15-16,18,24H,3-6,11-14,17H2,1-2H3,(H,28,31). The van der Waals surface area contributed by atoms with Gasteiger partial charge in [0.15, 0.2) is 11.5 Å². The van der Waals surface area contributed by atoms with Gasteiger partial charge in [-0.15, -0.1) is 0 Å². The van der Waals surface area contributed by atoms with Gasteiger partial charge in [-0.3, -0.25) is 9.69 Å². The lowest BCUT2D eigenvalue weighted by Gasteiger charge is -2.35. The van der Waals surface area contributed by atoms with Gasteiger partial charge in [-0.1, -0.05) is 24.2 Å². The van der Waals surface area contributed by atoms with Crippen molar-refractivity contribution in [2.75, 3.05) is 19.6 Å². The van der Waals surface area contributed by atoms with Gasteiger partial charge in [0.2, 0.25) is 0 Å². The molecule has 1 N–H and O–H groups in total. The van der Waals surface area contributed by atoms with Crippen LogP contribution in [0.2, 0.25) is 0 Å². The maximum Gasteiger partial charge on any atom is 0.273 e. The van der Waals surface area contributed by atoms with Crippen LogP contribution in [0.5, 0.6) is 0 Å². The fourth-order valence-corrected chi connectivity index (χ4v) is 5.07. The number of benzene rings is 1. The van der Waals surface area contributed by atoms with Crippen LogP contribution in [0.25, 0.3) is 11.3 Å². The third-order valence-corrected chi connectivity index (χ3v) is 7.18. The van der Waals surface area contributed by atoms with Crippen molar-refractivity contribution < 1.29 is 13.7 Å². The lowest BCUT2D eigenvalue weighted by atomic mass is 9.90. The number of likely N-dealkylation sites (tertiary alicyclic amines) is 1. The molecule has 1 fully saturated rings. The van der Waals surface area contributed by atoms with Crippen LogP contribution >= 0.6 is 0 Å². The summed E-state index contributed by atoms with van der Waals surface area (Å²) in [5.74, 6) is 2.94. The highest BCUT2D eigenvalue weighted by atomic mass is 16.5. The molecule has 1 saturated heterocycles. The first-order chi connectivity index (χ1) is 16.1. The largest absolute Gasteiger partial charge is 0.465 e. The zero-order valence-electron chi connectivity index (χ0n) is 19.6. The molecular weight excluding hydrogens is 414 g/mol. The maximum atomic E-state index is 12.9. The molecule has 33 heavy (non-hydrogen) atoms. The Morgan fingerprint density at radius 1 is 1.12 bits per heavy atom. The van der Waals surface area contributed by atoms with E-state index in [1.54, 1.807) is 6.07 Å². The Morgan fingerprint density at radius 2 is 1.91 bits per heavy atom. The number of piperidine rings is 1. The summed E-state index contributed by atoms with van der Waals surface area (Å²) in [6.45, 7) is 6.74. The molecule has 0 saturated carbocycles. The predicted molar refractivity (Wildman–Crippen MR) is 127 cm³/mol. The smallest absolute Gasteiger partial charge is 0.273 e. The second-order valence-corrected chi connectivity index (χ2v) is 9.66. The SMILES string of the molecule is Cc1ccc(C(CNC(=O)c2cc(-c3ccc4c(c3)CCCC4)on2)N2CCC(C)CC2)o1. The molecule has 6 heteroatoms. The highest BCUT2D eigenvalue weighted by Crippen LogP contribution is 2.29. The summed E-state index contributed by atoms with van der Waals surface area (Å²) in [6.07, 6.45) is 7.06. The van der Waals surface area contributed by atoms with E-state index in [4.69, 9.17) is 8.94 Å². The van der Waals surface area contributed by atoms with Crippen LogP contribution in [0.1, 0.15) is 71.8 Å². The average Bonchev–Trinajstić information content (AvgIpc) is 3.50. The van der Waals surface area contributed by atoms with E-state index in [9.17, 15) is 4.79 Å². The summed E-state index contributed by atoms with van der Waals surface area (Å²) in [6, 6.07) is 12.2. The van der Waals surface area contributed by atoms with Crippen LogP contribution in [0, 0.1) is 12.8 Å². The van der Waals surface area contributed by atoms with Crippen LogP contribution in [-0.4, -0.2) is 35.6 Å². The molecule has 1 unspecified atom stereocenters. The number of hydrogen-bond donors (Lipinski definition) is 1. The monoisotopic (exact) mass is 447 g/mol. The van der Waals surface area contributed by atoms with Crippen molar-refractivity contribution in [1.82, 2.24) is 15.4 Å².